The molecule has 0 aliphatic heterocycles. The Hall–Kier alpha value is -0.850. The van der Waals surface area contributed by atoms with Gasteiger partial charge in [0, 0.05) is 6.92 Å². The molecule has 0 aromatic heterocycles. The molecule has 0 N–H and O–H groups in total. The van der Waals surface area contributed by atoms with Gasteiger partial charge >= 0.3 is 0 Å². The summed E-state index contributed by atoms with van der Waals surface area (Å²) in [5.41, 5.74) is 1.16. The molecule has 0 aliphatic carbocycles. The van der Waals surface area contributed by atoms with Crippen molar-refractivity contribution in [1.82, 2.24) is 0 Å². The van der Waals surface area contributed by atoms with Gasteiger partial charge in [0.2, 0.25) is 0 Å². The normalized spacial score (nSPS) is 14.3. The van der Waals surface area contributed by atoms with Gasteiger partial charge in [-0.15, -0.1) is 0 Å². The Kier molecular flexibility index (Phi) is 4.51. The number of hydrogen-bond acceptors (Lipinski definition) is 0. The molecule has 0 aromatic carbocycles. The first-order valence-corrected chi connectivity index (χ1v) is 4.02. The maximum absolute atomic E-state index is 3.79. The van der Waals surface area contributed by atoms with Crippen molar-refractivity contribution in [2.75, 3.05) is 0 Å². The van der Waals surface area contributed by atoms with Crippen molar-refractivity contribution in [3.63, 3.8) is 0 Å². The minimum absolute atomic E-state index is 0.624. The second-order valence-electron chi connectivity index (χ2n) is 2.85. The fraction of sp³-hybridized carbons (Fsp3) is 0.500. The third-order valence-corrected chi connectivity index (χ3v) is 1.84. The van der Waals surface area contributed by atoms with Crippen LogP contribution >= 0.6 is 0 Å². The second-order valence-corrected chi connectivity index (χ2v) is 2.85. The van der Waals surface area contributed by atoms with E-state index in [1.54, 1.807) is 10.8 Å². The van der Waals surface area contributed by atoms with Crippen LogP contribution in [0, 0.1) is 5.92 Å². The van der Waals surface area contributed by atoms with Crippen molar-refractivity contribution < 1.29 is 4.58 Å². The first kappa shape index (κ1) is 10.2. The van der Waals surface area contributed by atoms with Crippen LogP contribution in [0.2, 0.25) is 0 Å². The summed E-state index contributed by atoms with van der Waals surface area (Å²) < 4.78 is 1.78. The monoisotopic (exact) mass is 152 g/mol. The predicted octanol–water partition coefficient (Wildman–Crippen LogP) is 2.79. The van der Waals surface area contributed by atoms with E-state index in [2.05, 4.69) is 33.2 Å². The predicted molar refractivity (Wildman–Crippen MR) is 50.8 cm³/mol. The summed E-state index contributed by atoms with van der Waals surface area (Å²) >= 11 is 0. The summed E-state index contributed by atoms with van der Waals surface area (Å²) in [5, 5.41) is 0. The zero-order valence-electron chi connectivity index (χ0n) is 7.80. The summed E-state index contributed by atoms with van der Waals surface area (Å²) in [6.45, 7) is 13.8. The van der Waals surface area contributed by atoms with Crippen LogP contribution in [0.3, 0.4) is 0 Å². The molecule has 0 radical (unpaired) electrons. The van der Waals surface area contributed by atoms with Gasteiger partial charge < -0.3 is 0 Å². The van der Waals surface area contributed by atoms with Crippen LogP contribution in [-0.2, 0) is 0 Å². The molecule has 0 amide bonds. The SMILES string of the molecule is C=C[N+](=C)/C(C)=C/[C@@H](C)CC. The highest BCUT2D eigenvalue weighted by Gasteiger charge is 2.01. The molecule has 1 nitrogen and oxygen atoms in total. The minimum Gasteiger partial charge on any atom is -0.179 e. The third kappa shape index (κ3) is 3.76. The number of allylic oxidation sites excluding steroid dienone is 2. The maximum Gasteiger partial charge on any atom is 0.179 e. The molecule has 11 heavy (non-hydrogen) atoms. The summed E-state index contributed by atoms with van der Waals surface area (Å²) in [7, 11) is 0. The van der Waals surface area contributed by atoms with Crippen molar-refractivity contribution in [3.05, 3.63) is 24.6 Å². The van der Waals surface area contributed by atoms with E-state index in [4.69, 9.17) is 0 Å². The molecular weight excluding hydrogens is 134 g/mol. The zero-order valence-corrected chi connectivity index (χ0v) is 7.80. The highest BCUT2D eigenvalue weighted by atomic mass is 15.0. The van der Waals surface area contributed by atoms with Crippen molar-refractivity contribution in [2.45, 2.75) is 27.2 Å². The van der Waals surface area contributed by atoms with Crippen LogP contribution in [0.1, 0.15) is 27.2 Å². The van der Waals surface area contributed by atoms with Gasteiger partial charge in [0.1, 0.15) is 6.72 Å². The summed E-state index contributed by atoms with van der Waals surface area (Å²) in [6, 6.07) is 0. The van der Waals surface area contributed by atoms with Crippen molar-refractivity contribution in [2.24, 2.45) is 5.92 Å². The molecule has 0 saturated carbocycles. The second kappa shape index (κ2) is 4.89. The molecule has 0 fully saturated rings. The van der Waals surface area contributed by atoms with E-state index in [9.17, 15) is 0 Å². The van der Waals surface area contributed by atoms with Crippen LogP contribution in [0.5, 0.6) is 0 Å². The van der Waals surface area contributed by atoms with Gasteiger partial charge in [0.15, 0.2) is 11.9 Å². The summed E-state index contributed by atoms with van der Waals surface area (Å²) in [4.78, 5) is 0. The minimum atomic E-state index is 0.624. The molecule has 0 bridgehead atoms. The van der Waals surface area contributed by atoms with Crippen molar-refractivity contribution in [3.8, 4) is 0 Å². The average molecular weight is 152 g/mol. The van der Waals surface area contributed by atoms with Gasteiger partial charge in [-0.1, -0.05) is 13.8 Å². The molecule has 0 heterocycles. The largest absolute Gasteiger partial charge is 0.179 e. The molecule has 1 atom stereocenters. The van der Waals surface area contributed by atoms with E-state index in [-0.39, 0.29) is 0 Å². The quantitative estimate of drug-likeness (QED) is 0.430. The Morgan fingerprint density at radius 3 is 2.55 bits per heavy atom. The smallest absolute Gasteiger partial charge is 0.179 e. The Labute approximate surface area is 69.7 Å². The van der Waals surface area contributed by atoms with Crippen LogP contribution < -0.4 is 0 Å². The molecule has 0 rings (SSSR count). The molecule has 0 saturated heterocycles. The summed E-state index contributed by atoms with van der Waals surface area (Å²) in [6.07, 6.45) is 5.09. The van der Waals surface area contributed by atoms with Gasteiger partial charge in [-0.05, 0) is 25.0 Å². The molecule has 1 heteroatoms. The lowest BCUT2D eigenvalue weighted by Gasteiger charge is -2.00. The van der Waals surface area contributed by atoms with Crippen LogP contribution in [-0.4, -0.2) is 11.3 Å². The van der Waals surface area contributed by atoms with Crippen LogP contribution in [0.4, 0.5) is 0 Å². The van der Waals surface area contributed by atoms with E-state index in [1.807, 2.05) is 6.92 Å². The Morgan fingerprint density at radius 2 is 2.18 bits per heavy atom. The van der Waals surface area contributed by atoms with Crippen LogP contribution in [0.15, 0.2) is 24.6 Å². The topological polar surface area (TPSA) is 3.01 Å². The molecule has 0 spiro atoms. The maximum atomic E-state index is 3.79. The molecule has 0 aliphatic rings. The van der Waals surface area contributed by atoms with Crippen molar-refractivity contribution in [1.29, 1.82) is 0 Å². The first-order chi connectivity index (χ1) is 5.11. The van der Waals surface area contributed by atoms with E-state index in [0.717, 1.165) is 5.70 Å². The van der Waals surface area contributed by atoms with Gasteiger partial charge in [0.05, 0.1) is 0 Å². The fourth-order valence-electron chi connectivity index (χ4n) is 0.769. The average Bonchev–Trinajstić information content (AvgIpc) is 2.02. The Morgan fingerprint density at radius 1 is 1.64 bits per heavy atom. The Balaban J connectivity index is 4.20. The number of rotatable bonds is 4. The number of nitrogens with zero attached hydrogens (tertiary/aromatic N) is 1. The lowest BCUT2D eigenvalue weighted by Crippen LogP contribution is -1.99. The van der Waals surface area contributed by atoms with E-state index in [1.165, 1.54) is 6.42 Å². The van der Waals surface area contributed by atoms with Crippen LogP contribution in [0.25, 0.3) is 0 Å². The van der Waals surface area contributed by atoms with Gasteiger partial charge in [0.25, 0.3) is 0 Å². The van der Waals surface area contributed by atoms with E-state index in [0.29, 0.717) is 5.92 Å². The molecular formula is C10H18N+. The third-order valence-electron chi connectivity index (χ3n) is 1.84. The molecule has 0 aromatic rings. The highest BCUT2D eigenvalue weighted by Crippen LogP contribution is 2.06. The standard InChI is InChI=1S/C10H18N/c1-6-9(3)8-10(4)11(5)7-2/h7-9H,2,5-6H2,1,3-4H3/q+1/b10-8+/t9-/m0/s1. The van der Waals surface area contributed by atoms with Crippen molar-refractivity contribution >= 4 is 6.72 Å². The first-order valence-electron chi connectivity index (χ1n) is 4.02. The zero-order chi connectivity index (χ0) is 8.85. The fourth-order valence-corrected chi connectivity index (χ4v) is 0.769. The van der Waals surface area contributed by atoms with Gasteiger partial charge in [-0.25, -0.2) is 0 Å². The Bertz CT molecular complexity index is 177. The van der Waals surface area contributed by atoms with E-state index >= 15 is 0 Å². The number of hydrogen-bond donors (Lipinski definition) is 0. The summed E-state index contributed by atoms with van der Waals surface area (Å²) in [5.74, 6) is 0.624. The molecule has 62 valence electrons. The van der Waals surface area contributed by atoms with Gasteiger partial charge in [-0.2, -0.15) is 4.58 Å². The highest BCUT2D eigenvalue weighted by molar-refractivity contribution is 5.18. The lowest BCUT2D eigenvalue weighted by molar-refractivity contribution is -0.390. The van der Waals surface area contributed by atoms with Gasteiger partial charge in [-0.3, -0.25) is 0 Å². The lowest BCUT2D eigenvalue weighted by atomic mass is 10.1. The molecule has 0 unspecified atom stereocenters. The van der Waals surface area contributed by atoms with E-state index < -0.39 is 0 Å².